The maximum Gasteiger partial charge on any atom is 0.0728 e. The van der Waals surface area contributed by atoms with Crippen LogP contribution in [0.3, 0.4) is 0 Å². The molecule has 2 N–H and O–H groups in total. The van der Waals surface area contributed by atoms with E-state index in [0.717, 1.165) is 18.4 Å². The Balaban J connectivity index is 2.72. The monoisotopic (exact) mass is 289 g/mol. The molecule has 0 heterocycles. The highest BCUT2D eigenvalue weighted by atomic mass is 35.5. The largest absolute Gasteiger partial charge is 0.377 e. The summed E-state index contributed by atoms with van der Waals surface area (Å²) in [6, 6.07) is 5.58. The van der Waals surface area contributed by atoms with E-state index in [1.807, 2.05) is 19.1 Å². The van der Waals surface area contributed by atoms with Gasteiger partial charge in [0.05, 0.1) is 16.1 Å². The van der Waals surface area contributed by atoms with E-state index in [4.69, 9.17) is 33.7 Å². The van der Waals surface area contributed by atoms with Gasteiger partial charge in [0, 0.05) is 12.6 Å². The van der Waals surface area contributed by atoms with Gasteiger partial charge < -0.3 is 10.5 Å². The Labute approximate surface area is 119 Å². The zero-order valence-electron chi connectivity index (χ0n) is 11.0. The fourth-order valence-electron chi connectivity index (χ4n) is 2.01. The molecule has 2 nitrogen and oxygen atoms in total. The van der Waals surface area contributed by atoms with Crippen LogP contribution in [0.2, 0.25) is 10.0 Å². The van der Waals surface area contributed by atoms with Gasteiger partial charge in [0.15, 0.2) is 0 Å². The lowest BCUT2D eigenvalue weighted by Gasteiger charge is -2.24. The first kappa shape index (κ1) is 15.8. The molecule has 1 aromatic carbocycles. The van der Waals surface area contributed by atoms with Gasteiger partial charge in [-0.05, 0) is 31.4 Å². The second kappa shape index (κ2) is 8.00. The lowest BCUT2D eigenvalue weighted by Crippen LogP contribution is -2.38. The number of hydrogen-bond acceptors (Lipinski definition) is 2. The molecule has 1 aromatic rings. The standard InChI is InChI=1S/C14H21Cl2NO/c1-3-6-13(18-4-2)12(17)9-10-7-5-8-11(15)14(10)16/h5,7-8,12-13H,3-4,6,9,17H2,1-2H3. The van der Waals surface area contributed by atoms with Crippen LogP contribution in [0.25, 0.3) is 0 Å². The second-order valence-electron chi connectivity index (χ2n) is 4.36. The van der Waals surface area contributed by atoms with Gasteiger partial charge in [-0.3, -0.25) is 0 Å². The summed E-state index contributed by atoms with van der Waals surface area (Å²) in [5, 5.41) is 1.17. The van der Waals surface area contributed by atoms with E-state index < -0.39 is 0 Å². The van der Waals surface area contributed by atoms with Crippen molar-refractivity contribution in [3.63, 3.8) is 0 Å². The predicted molar refractivity (Wildman–Crippen MR) is 78.5 cm³/mol. The number of rotatable bonds is 7. The van der Waals surface area contributed by atoms with Crippen molar-refractivity contribution in [2.24, 2.45) is 5.73 Å². The Morgan fingerprint density at radius 1 is 1.28 bits per heavy atom. The molecule has 0 aromatic heterocycles. The lowest BCUT2D eigenvalue weighted by atomic mass is 9.99. The average molecular weight is 290 g/mol. The minimum absolute atomic E-state index is 0.0548. The average Bonchev–Trinajstić information content (AvgIpc) is 2.34. The first-order valence-corrected chi connectivity index (χ1v) is 7.15. The maximum atomic E-state index is 6.21. The summed E-state index contributed by atoms with van der Waals surface area (Å²) in [6.45, 7) is 4.80. The molecule has 0 aliphatic heterocycles. The molecule has 0 bridgehead atoms. The van der Waals surface area contributed by atoms with E-state index in [-0.39, 0.29) is 12.1 Å². The van der Waals surface area contributed by atoms with Crippen LogP contribution < -0.4 is 5.73 Å². The highest BCUT2D eigenvalue weighted by Crippen LogP contribution is 2.27. The topological polar surface area (TPSA) is 35.2 Å². The van der Waals surface area contributed by atoms with Crippen molar-refractivity contribution in [1.29, 1.82) is 0 Å². The number of ether oxygens (including phenoxy) is 1. The molecule has 0 saturated carbocycles. The fourth-order valence-corrected chi connectivity index (χ4v) is 2.41. The SMILES string of the molecule is CCCC(OCC)C(N)Cc1cccc(Cl)c1Cl. The Morgan fingerprint density at radius 3 is 2.61 bits per heavy atom. The van der Waals surface area contributed by atoms with Crippen LogP contribution in [0, 0.1) is 0 Å². The van der Waals surface area contributed by atoms with Gasteiger partial charge in [-0.25, -0.2) is 0 Å². The van der Waals surface area contributed by atoms with E-state index in [2.05, 4.69) is 6.92 Å². The van der Waals surface area contributed by atoms with Crippen LogP contribution in [0.5, 0.6) is 0 Å². The van der Waals surface area contributed by atoms with Crippen molar-refractivity contribution in [1.82, 2.24) is 0 Å². The molecule has 0 spiro atoms. The zero-order valence-corrected chi connectivity index (χ0v) is 12.5. The molecule has 0 radical (unpaired) electrons. The second-order valence-corrected chi connectivity index (χ2v) is 5.15. The molecular formula is C14H21Cl2NO. The fraction of sp³-hybridized carbons (Fsp3) is 0.571. The third kappa shape index (κ3) is 4.43. The van der Waals surface area contributed by atoms with E-state index in [1.54, 1.807) is 6.07 Å². The summed E-state index contributed by atoms with van der Waals surface area (Å²) < 4.78 is 5.69. The smallest absolute Gasteiger partial charge is 0.0728 e. The van der Waals surface area contributed by atoms with Crippen molar-refractivity contribution in [3.8, 4) is 0 Å². The molecule has 2 atom stereocenters. The Kier molecular flexibility index (Phi) is 7.02. The minimum Gasteiger partial charge on any atom is -0.377 e. The van der Waals surface area contributed by atoms with Gasteiger partial charge in [0.25, 0.3) is 0 Å². The van der Waals surface area contributed by atoms with Crippen molar-refractivity contribution < 1.29 is 4.74 Å². The summed E-state index contributed by atoms with van der Waals surface area (Å²) in [4.78, 5) is 0. The van der Waals surface area contributed by atoms with Crippen LogP contribution in [-0.4, -0.2) is 18.8 Å². The third-order valence-electron chi connectivity index (χ3n) is 2.92. The van der Waals surface area contributed by atoms with Gasteiger partial charge in [-0.15, -0.1) is 0 Å². The molecule has 4 heteroatoms. The van der Waals surface area contributed by atoms with Crippen LogP contribution >= 0.6 is 23.2 Å². The summed E-state index contributed by atoms with van der Waals surface area (Å²) in [5.74, 6) is 0. The van der Waals surface area contributed by atoms with Crippen molar-refractivity contribution >= 4 is 23.2 Å². The maximum absolute atomic E-state index is 6.21. The van der Waals surface area contributed by atoms with Gasteiger partial charge in [0.2, 0.25) is 0 Å². The van der Waals surface area contributed by atoms with Crippen molar-refractivity contribution in [2.75, 3.05) is 6.61 Å². The number of hydrogen-bond donors (Lipinski definition) is 1. The molecule has 2 unspecified atom stereocenters. The molecule has 0 fully saturated rings. The normalized spacial score (nSPS) is 14.5. The van der Waals surface area contributed by atoms with E-state index >= 15 is 0 Å². The minimum atomic E-state index is -0.0548. The number of halogens is 2. The first-order valence-electron chi connectivity index (χ1n) is 6.40. The highest BCUT2D eigenvalue weighted by molar-refractivity contribution is 6.42. The Bertz CT molecular complexity index is 365. The third-order valence-corrected chi connectivity index (χ3v) is 3.78. The first-order chi connectivity index (χ1) is 8.60. The molecule has 0 aliphatic carbocycles. The highest BCUT2D eigenvalue weighted by Gasteiger charge is 2.19. The molecule has 0 saturated heterocycles. The molecule has 1 rings (SSSR count). The van der Waals surface area contributed by atoms with Crippen LogP contribution in [0.1, 0.15) is 32.3 Å². The molecular weight excluding hydrogens is 269 g/mol. The van der Waals surface area contributed by atoms with Crippen molar-refractivity contribution in [2.45, 2.75) is 45.3 Å². The summed E-state index contributed by atoms with van der Waals surface area (Å²) >= 11 is 12.2. The van der Waals surface area contributed by atoms with E-state index in [0.29, 0.717) is 23.1 Å². The molecule has 18 heavy (non-hydrogen) atoms. The van der Waals surface area contributed by atoms with Crippen LogP contribution in [0.4, 0.5) is 0 Å². The zero-order chi connectivity index (χ0) is 13.5. The van der Waals surface area contributed by atoms with Crippen molar-refractivity contribution in [3.05, 3.63) is 33.8 Å². The number of nitrogens with two attached hydrogens (primary N) is 1. The number of benzene rings is 1. The lowest BCUT2D eigenvalue weighted by molar-refractivity contribution is 0.0378. The van der Waals surface area contributed by atoms with Gasteiger partial charge in [-0.1, -0.05) is 48.7 Å². The summed E-state index contributed by atoms with van der Waals surface area (Å²) in [6.07, 6.45) is 2.79. The predicted octanol–water partition coefficient (Wildman–Crippen LogP) is 4.07. The molecule has 0 amide bonds. The van der Waals surface area contributed by atoms with E-state index in [1.165, 1.54) is 0 Å². The van der Waals surface area contributed by atoms with Crippen LogP contribution in [-0.2, 0) is 11.2 Å². The van der Waals surface area contributed by atoms with Crippen LogP contribution in [0.15, 0.2) is 18.2 Å². The van der Waals surface area contributed by atoms with Gasteiger partial charge in [0.1, 0.15) is 0 Å². The van der Waals surface area contributed by atoms with Gasteiger partial charge in [-0.2, -0.15) is 0 Å². The Morgan fingerprint density at radius 2 is 2.00 bits per heavy atom. The molecule has 102 valence electrons. The quantitative estimate of drug-likeness (QED) is 0.821. The summed E-state index contributed by atoms with van der Waals surface area (Å²) in [5.41, 5.74) is 7.20. The van der Waals surface area contributed by atoms with Gasteiger partial charge >= 0.3 is 0 Å². The molecule has 0 aliphatic rings. The summed E-state index contributed by atoms with van der Waals surface area (Å²) in [7, 11) is 0. The Hall–Kier alpha value is -0.280. The van der Waals surface area contributed by atoms with E-state index in [9.17, 15) is 0 Å².